The van der Waals surface area contributed by atoms with E-state index in [1.807, 2.05) is 62.4 Å². The minimum atomic E-state index is -1.03. The predicted molar refractivity (Wildman–Crippen MR) is 90.5 cm³/mol. The highest BCUT2D eigenvalue weighted by Gasteiger charge is 2.21. The maximum absolute atomic E-state index is 11.5. The fourth-order valence-electron chi connectivity index (χ4n) is 2.64. The van der Waals surface area contributed by atoms with Crippen molar-refractivity contribution in [1.82, 2.24) is 9.55 Å². The molecule has 0 aliphatic heterocycles. The average molecular weight is 306 g/mol. The zero-order valence-electron chi connectivity index (χ0n) is 13.4. The monoisotopic (exact) mass is 306 g/mol. The first-order valence-electron chi connectivity index (χ1n) is 7.41. The normalized spacial score (nSPS) is 10.7. The summed E-state index contributed by atoms with van der Waals surface area (Å²) in [6.45, 7) is 4.04. The number of nitrogens with zero attached hydrogens (tertiary/aromatic N) is 2. The van der Waals surface area contributed by atoms with Crippen molar-refractivity contribution in [1.29, 1.82) is 0 Å². The Morgan fingerprint density at radius 2 is 1.39 bits per heavy atom. The second kappa shape index (κ2) is 5.72. The molecule has 2 aromatic carbocycles. The molecule has 0 unspecified atom stereocenters. The Morgan fingerprint density at radius 1 is 0.913 bits per heavy atom. The number of hydrogen-bond acceptors (Lipinski definition) is 2. The molecule has 3 rings (SSSR count). The van der Waals surface area contributed by atoms with Crippen molar-refractivity contribution in [2.45, 2.75) is 13.8 Å². The van der Waals surface area contributed by atoms with Crippen LogP contribution in [0.4, 0.5) is 0 Å². The Bertz CT molecular complexity index is 860. The molecule has 0 atom stereocenters. The lowest BCUT2D eigenvalue weighted by atomic mass is 10.0. The minimum absolute atomic E-state index is 0.0381. The Morgan fingerprint density at radius 3 is 1.87 bits per heavy atom. The third-order valence-electron chi connectivity index (χ3n) is 3.94. The molecule has 0 saturated carbocycles. The number of aromatic nitrogens is 2. The van der Waals surface area contributed by atoms with Gasteiger partial charge >= 0.3 is 5.97 Å². The van der Waals surface area contributed by atoms with E-state index < -0.39 is 5.97 Å². The van der Waals surface area contributed by atoms with Crippen molar-refractivity contribution in [2.75, 3.05) is 0 Å². The van der Waals surface area contributed by atoms with Crippen molar-refractivity contribution in [3.63, 3.8) is 0 Å². The number of carboxylic acid groups (broad SMARTS) is 1. The lowest BCUT2D eigenvalue weighted by Crippen LogP contribution is -2.06. The second-order valence-electron chi connectivity index (χ2n) is 5.73. The standard InChI is InChI=1S/C19H18N2O2/c1-12-4-8-14(9-5-12)16-17(15-10-6-13(2)7-11-15)21(3)18(20-16)19(22)23/h4-11H,1-3H3,(H,22,23). The molecule has 0 fully saturated rings. The molecule has 0 saturated heterocycles. The smallest absolute Gasteiger partial charge is 0.372 e. The third-order valence-corrected chi connectivity index (χ3v) is 3.94. The largest absolute Gasteiger partial charge is 0.475 e. The summed E-state index contributed by atoms with van der Waals surface area (Å²) >= 11 is 0. The van der Waals surface area contributed by atoms with E-state index >= 15 is 0 Å². The van der Waals surface area contributed by atoms with Crippen molar-refractivity contribution in [2.24, 2.45) is 7.05 Å². The van der Waals surface area contributed by atoms with Gasteiger partial charge in [-0.2, -0.15) is 0 Å². The zero-order valence-corrected chi connectivity index (χ0v) is 13.4. The summed E-state index contributed by atoms with van der Waals surface area (Å²) in [4.78, 5) is 15.8. The Hall–Kier alpha value is -2.88. The maximum atomic E-state index is 11.5. The van der Waals surface area contributed by atoms with Gasteiger partial charge in [0.25, 0.3) is 0 Å². The topological polar surface area (TPSA) is 55.1 Å². The first-order chi connectivity index (χ1) is 11.0. The van der Waals surface area contributed by atoms with E-state index in [1.54, 1.807) is 11.6 Å². The highest BCUT2D eigenvalue weighted by molar-refractivity contribution is 5.89. The Labute approximate surface area is 135 Å². The summed E-state index contributed by atoms with van der Waals surface area (Å²) in [7, 11) is 1.74. The van der Waals surface area contributed by atoms with E-state index in [9.17, 15) is 9.90 Å². The van der Waals surface area contributed by atoms with Gasteiger partial charge < -0.3 is 9.67 Å². The third kappa shape index (κ3) is 2.75. The number of aryl methyl sites for hydroxylation is 2. The predicted octanol–water partition coefficient (Wildman–Crippen LogP) is 4.07. The molecule has 0 amide bonds. The first kappa shape index (κ1) is 15.0. The van der Waals surface area contributed by atoms with Crippen LogP contribution in [-0.2, 0) is 7.05 Å². The SMILES string of the molecule is Cc1ccc(-c2nc(C(=O)O)n(C)c2-c2ccc(C)cc2)cc1. The summed E-state index contributed by atoms with van der Waals surface area (Å²) < 4.78 is 1.64. The number of aromatic carboxylic acids is 1. The van der Waals surface area contributed by atoms with Crippen LogP contribution in [0, 0.1) is 13.8 Å². The fraction of sp³-hybridized carbons (Fsp3) is 0.158. The molecule has 0 spiro atoms. The van der Waals surface area contributed by atoms with Crippen molar-refractivity contribution in [3.8, 4) is 22.5 Å². The minimum Gasteiger partial charge on any atom is -0.475 e. The molecule has 23 heavy (non-hydrogen) atoms. The summed E-state index contributed by atoms with van der Waals surface area (Å²) in [5.41, 5.74) is 5.68. The van der Waals surface area contributed by atoms with Gasteiger partial charge in [0.2, 0.25) is 5.82 Å². The summed E-state index contributed by atoms with van der Waals surface area (Å²) in [6, 6.07) is 16.0. The summed E-state index contributed by atoms with van der Waals surface area (Å²) in [6.07, 6.45) is 0. The van der Waals surface area contributed by atoms with Gasteiger partial charge in [-0.3, -0.25) is 0 Å². The van der Waals surface area contributed by atoms with Gasteiger partial charge in [0.05, 0.1) is 11.4 Å². The average Bonchev–Trinajstić information content (AvgIpc) is 2.87. The quantitative estimate of drug-likeness (QED) is 0.793. The molecule has 0 aliphatic carbocycles. The van der Waals surface area contributed by atoms with E-state index in [2.05, 4.69) is 4.98 Å². The Balaban J connectivity index is 2.25. The number of benzene rings is 2. The van der Waals surface area contributed by atoms with Crippen LogP contribution in [0.5, 0.6) is 0 Å². The molecule has 1 N–H and O–H groups in total. The van der Waals surface area contributed by atoms with Gasteiger partial charge in [0.15, 0.2) is 0 Å². The van der Waals surface area contributed by atoms with Gasteiger partial charge in [0, 0.05) is 18.2 Å². The molecule has 1 aromatic heterocycles. The maximum Gasteiger partial charge on any atom is 0.372 e. The molecule has 1 heterocycles. The van der Waals surface area contributed by atoms with Gasteiger partial charge in [-0.05, 0) is 13.8 Å². The van der Waals surface area contributed by atoms with Crippen molar-refractivity contribution in [3.05, 3.63) is 65.5 Å². The molecular formula is C19H18N2O2. The van der Waals surface area contributed by atoms with Crippen molar-refractivity contribution < 1.29 is 9.90 Å². The van der Waals surface area contributed by atoms with Crippen LogP contribution in [0.2, 0.25) is 0 Å². The van der Waals surface area contributed by atoms with E-state index in [1.165, 1.54) is 0 Å². The lowest BCUT2D eigenvalue weighted by molar-refractivity contribution is 0.0680. The molecule has 116 valence electrons. The number of hydrogen-bond donors (Lipinski definition) is 1. The van der Waals surface area contributed by atoms with Crippen LogP contribution in [-0.4, -0.2) is 20.6 Å². The number of carbonyl (C=O) groups is 1. The highest BCUT2D eigenvalue weighted by atomic mass is 16.4. The van der Waals surface area contributed by atoms with Crippen LogP contribution in [0.3, 0.4) is 0 Å². The molecule has 3 aromatic rings. The van der Waals surface area contributed by atoms with Crippen molar-refractivity contribution >= 4 is 5.97 Å². The zero-order chi connectivity index (χ0) is 16.6. The van der Waals surface area contributed by atoms with E-state index in [0.29, 0.717) is 5.69 Å². The van der Waals surface area contributed by atoms with Gasteiger partial charge in [0.1, 0.15) is 0 Å². The molecular weight excluding hydrogens is 288 g/mol. The van der Waals surface area contributed by atoms with Crippen LogP contribution >= 0.6 is 0 Å². The number of rotatable bonds is 3. The van der Waals surface area contributed by atoms with Crippen LogP contribution < -0.4 is 0 Å². The number of carboxylic acids is 1. The van der Waals surface area contributed by atoms with Gasteiger partial charge in [-0.15, -0.1) is 0 Å². The first-order valence-corrected chi connectivity index (χ1v) is 7.41. The Kier molecular flexibility index (Phi) is 3.74. The lowest BCUT2D eigenvalue weighted by Gasteiger charge is -2.08. The summed E-state index contributed by atoms with van der Waals surface area (Å²) in [5.74, 6) is -0.990. The second-order valence-corrected chi connectivity index (χ2v) is 5.73. The summed E-state index contributed by atoms with van der Waals surface area (Å²) in [5, 5.41) is 9.40. The van der Waals surface area contributed by atoms with E-state index in [4.69, 9.17) is 0 Å². The fourth-order valence-corrected chi connectivity index (χ4v) is 2.64. The van der Waals surface area contributed by atoms with E-state index in [0.717, 1.165) is 27.9 Å². The van der Waals surface area contributed by atoms with E-state index in [-0.39, 0.29) is 5.82 Å². The van der Waals surface area contributed by atoms with Crippen LogP contribution in [0.1, 0.15) is 21.7 Å². The number of imidazole rings is 1. The molecule has 0 bridgehead atoms. The van der Waals surface area contributed by atoms with Crippen LogP contribution in [0.15, 0.2) is 48.5 Å². The molecule has 0 radical (unpaired) electrons. The molecule has 4 heteroatoms. The highest BCUT2D eigenvalue weighted by Crippen LogP contribution is 2.32. The van der Waals surface area contributed by atoms with Gasteiger partial charge in [-0.1, -0.05) is 59.7 Å². The van der Waals surface area contributed by atoms with Crippen LogP contribution in [0.25, 0.3) is 22.5 Å². The van der Waals surface area contributed by atoms with Gasteiger partial charge in [-0.25, -0.2) is 9.78 Å². The molecule has 0 aliphatic rings. The molecule has 4 nitrogen and oxygen atoms in total.